The minimum atomic E-state index is -3.79. The summed E-state index contributed by atoms with van der Waals surface area (Å²) in [6.07, 6.45) is 2.56. The zero-order valence-corrected chi connectivity index (χ0v) is 17.9. The van der Waals surface area contributed by atoms with Crippen LogP contribution in [-0.4, -0.2) is 34.0 Å². The van der Waals surface area contributed by atoms with E-state index in [1.165, 1.54) is 42.6 Å². The van der Waals surface area contributed by atoms with Gasteiger partial charge in [-0.05, 0) is 48.9 Å². The number of nitrogens with one attached hydrogen (secondary N) is 2. The van der Waals surface area contributed by atoms with E-state index in [2.05, 4.69) is 15.0 Å². The summed E-state index contributed by atoms with van der Waals surface area (Å²) in [7, 11) is -7.24. The Morgan fingerprint density at radius 3 is 2.24 bits per heavy atom. The van der Waals surface area contributed by atoms with Gasteiger partial charge in [0.2, 0.25) is 0 Å². The molecule has 8 nitrogen and oxygen atoms in total. The second kappa shape index (κ2) is 7.93. The van der Waals surface area contributed by atoms with Crippen molar-refractivity contribution in [2.24, 2.45) is 0 Å². The number of thiazole rings is 1. The van der Waals surface area contributed by atoms with Gasteiger partial charge >= 0.3 is 0 Å². The van der Waals surface area contributed by atoms with Gasteiger partial charge in [0.05, 0.1) is 9.79 Å². The molecule has 0 saturated heterocycles. The van der Waals surface area contributed by atoms with Crippen molar-refractivity contribution >= 4 is 47.9 Å². The Bertz CT molecular complexity index is 1250. The molecule has 0 aliphatic rings. The van der Waals surface area contributed by atoms with Crippen molar-refractivity contribution in [3.05, 3.63) is 65.2 Å². The molecule has 152 valence electrons. The number of anilines is 2. The summed E-state index contributed by atoms with van der Waals surface area (Å²) < 4.78 is 50.5. The molecule has 29 heavy (non-hydrogen) atoms. The number of aryl methyl sites for hydroxylation is 1. The number of hydrogen-bond acceptors (Lipinski definition) is 7. The van der Waals surface area contributed by atoms with Gasteiger partial charge in [-0.1, -0.05) is 6.07 Å². The van der Waals surface area contributed by atoms with E-state index in [1.54, 1.807) is 18.4 Å². The summed E-state index contributed by atoms with van der Waals surface area (Å²) in [5.41, 5.74) is 1.20. The van der Waals surface area contributed by atoms with Crippen LogP contribution in [0.15, 0.2) is 63.8 Å². The number of carbonyl (C=O) groups excluding carboxylic acids is 1. The van der Waals surface area contributed by atoms with Crippen LogP contribution in [0.4, 0.5) is 10.8 Å². The van der Waals surface area contributed by atoms with Crippen LogP contribution in [0.5, 0.6) is 0 Å². The molecule has 1 heterocycles. The fraction of sp³-hybridized carbons (Fsp3) is 0.111. The lowest BCUT2D eigenvalue weighted by Gasteiger charge is -2.10. The van der Waals surface area contributed by atoms with Crippen LogP contribution >= 0.6 is 11.3 Å². The Hall–Kier alpha value is -2.76. The maximum atomic E-state index is 12.6. The third-order valence-electron chi connectivity index (χ3n) is 3.96. The van der Waals surface area contributed by atoms with Crippen molar-refractivity contribution in [3.63, 3.8) is 0 Å². The third kappa shape index (κ3) is 5.00. The van der Waals surface area contributed by atoms with E-state index >= 15 is 0 Å². The molecule has 0 saturated carbocycles. The minimum Gasteiger partial charge on any atom is -0.322 e. The van der Waals surface area contributed by atoms with Gasteiger partial charge in [-0.15, -0.1) is 11.3 Å². The van der Waals surface area contributed by atoms with Gasteiger partial charge in [0.15, 0.2) is 15.0 Å². The first-order chi connectivity index (χ1) is 13.6. The second-order valence-electron chi connectivity index (χ2n) is 6.17. The number of rotatable bonds is 6. The van der Waals surface area contributed by atoms with Gasteiger partial charge in [-0.3, -0.25) is 9.52 Å². The Labute approximate surface area is 172 Å². The van der Waals surface area contributed by atoms with Crippen LogP contribution in [0.25, 0.3) is 0 Å². The van der Waals surface area contributed by atoms with Crippen molar-refractivity contribution < 1.29 is 21.6 Å². The first kappa shape index (κ1) is 21.0. The van der Waals surface area contributed by atoms with E-state index in [9.17, 15) is 21.6 Å². The van der Waals surface area contributed by atoms with Gasteiger partial charge in [-0.25, -0.2) is 21.8 Å². The second-order valence-corrected chi connectivity index (χ2v) is 10.8. The van der Waals surface area contributed by atoms with Gasteiger partial charge in [0.25, 0.3) is 15.9 Å². The van der Waals surface area contributed by atoms with E-state index in [1.807, 2.05) is 0 Å². The van der Waals surface area contributed by atoms with Crippen LogP contribution in [0.2, 0.25) is 0 Å². The van der Waals surface area contributed by atoms with Gasteiger partial charge in [0.1, 0.15) is 0 Å². The van der Waals surface area contributed by atoms with E-state index in [-0.39, 0.29) is 20.5 Å². The average molecular weight is 452 g/mol. The van der Waals surface area contributed by atoms with Crippen molar-refractivity contribution in [3.8, 4) is 0 Å². The molecule has 11 heteroatoms. The molecular formula is C18H17N3O5S3. The highest BCUT2D eigenvalue weighted by Crippen LogP contribution is 2.21. The number of carbonyl (C=O) groups is 1. The van der Waals surface area contributed by atoms with Crippen molar-refractivity contribution in [1.82, 2.24) is 4.98 Å². The monoisotopic (exact) mass is 451 g/mol. The molecule has 2 N–H and O–H groups in total. The molecule has 0 bridgehead atoms. The van der Waals surface area contributed by atoms with Crippen LogP contribution in [-0.2, 0) is 19.9 Å². The smallest absolute Gasteiger partial charge is 0.263 e. The Balaban J connectivity index is 1.79. The number of benzene rings is 2. The van der Waals surface area contributed by atoms with Crippen LogP contribution in [0.1, 0.15) is 15.9 Å². The molecule has 0 aliphatic carbocycles. The van der Waals surface area contributed by atoms with Crippen molar-refractivity contribution in [1.29, 1.82) is 0 Å². The van der Waals surface area contributed by atoms with Gasteiger partial charge in [0, 0.05) is 29.1 Å². The number of sulfone groups is 1. The maximum absolute atomic E-state index is 12.6. The third-order valence-corrected chi connectivity index (χ3v) is 7.24. The SMILES string of the molecule is Cc1ccc(S(C)(=O)=O)cc1C(=O)Nc1ccc(S(=O)(=O)Nc2nccs2)cc1. The first-order valence-corrected chi connectivity index (χ1v) is 12.5. The Morgan fingerprint density at radius 1 is 1.00 bits per heavy atom. The number of hydrogen-bond donors (Lipinski definition) is 2. The number of sulfonamides is 1. The highest BCUT2D eigenvalue weighted by molar-refractivity contribution is 7.93. The Kier molecular flexibility index (Phi) is 5.73. The van der Waals surface area contributed by atoms with Crippen LogP contribution in [0.3, 0.4) is 0 Å². The van der Waals surface area contributed by atoms with Crippen molar-refractivity contribution in [2.75, 3.05) is 16.3 Å². The van der Waals surface area contributed by atoms with Crippen LogP contribution in [0, 0.1) is 6.92 Å². The fourth-order valence-electron chi connectivity index (χ4n) is 2.44. The highest BCUT2D eigenvalue weighted by atomic mass is 32.2. The molecule has 0 fully saturated rings. The zero-order valence-electron chi connectivity index (χ0n) is 15.4. The summed E-state index contributed by atoms with van der Waals surface area (Å²) in [6, 6.07) is 9.92. The number of amides is 1. The molecule has 2 aromatic carbocycles. The normalized spacial score (nSPS) is 11.8. The molecule has 0 spiro atoms. The molecule has 1 aromatic heterocycles. The van der Waals surface area contributed by atoms with E-state index < -0.39 is 25.8 Å². The van der Waals surface area contributed by atoms with E-state index in [4.69, 9.17) is 0 Å². The first-order valence-electron chi connectivity index (χ1n) is 8.21. The molecule has 3 rings (SSSR count). The largest absolute Gasteiger partial charge is 0.322 e. The van der Waals surface area contributed by atoms with Crippen molar-refractivity contribution in [2.45, 2.75) is 16.7 Å². The summed E-state index contributed by atoms with van der Waals surface area (Å²) >= 11 is 1.16. The predicted molar refractivity (Wildman–Crippen MR) is 112 cm³/mol. The van der Waals surface area contributed by atoms with Gasteiger partial charge in [-0.2, -0.15) is 0 Å². The zero-order chi connectivity index (χ0) is 21.2. The number of nitrogens with zero attached hydrogens (tertiary/aromatic N) is 1. The summed E-state index contributed by atoms with van der Waals surface area (Å²) in [6.45, 7) is 1.70. The van der Waals surface area contributed by atoms with Gasteiger partial charge < -0.3 is 5.32 Å². The molecule has 0 radical (unpaired) electrons. The fourth-order valence-corrected chi connectivity index (χ4v) is 4.88. The minimum absolute atomic E-state index is 0.0148. The molecule has 3 aromatic rings. The lowest BCUT2D eigenvalue weighted by molar-refractivity contribution is 0.102. The topological polar surface area (TPSA) is 122 Å². The standard InChI is InChI=1S/C18H17N3O5S3/c1-12-3-6-15(28(2,23)24)11-16(12)17(22)20-13-4-7-14(8-5-13)29(25,26)21-18-19-9-10-27-18/h3-11H,1-2H3,(H,19,21)(H,20,22). The molecule has 0 atom stereocenters. The van der Waals surface area contributed by atoms with E-state index in [0.29, 0.717) is 11.3 Å². The van der Waals surface area contributed by atoms with Crippen LogP contribution < -0.4 is 10.0 Å². The van der Waals surface area contributed by atoms with E-state index in [0.717, 1.165) is 17.6 Å². The predicted octanol–water partition coefficient (Wildman–Crippen LogP) is 2.91. The highest BCUT2D eigenvalue weighted by Gasteiger charge is 2.17. The summed E-state index contributed by atoms with van der Waals surface area (Å²) in [5, 5.41) is 4.55. The lowest BCUT2D eigenvalue weighted by Crippen LogP contribution is -2.15. The summed E-state index contributed by atoms with van der Waals surface area (Å²) in [5.74, 6) is -0.496. The molecule has 1 amide bonds. The average Bonchev–Trinajstić information content (AvgIpc) is 3.13. The number of aromatic nitrogens is 1. The Morgan fingerprint density at radius 2 is 1.66 bits per heavy atom. The summed E-state index contributed by atoms with van der Waals surface area (Å²) in [4.78, 5) is 16.5. The maximum Gasteiger partial charge on any atom is 0.263 e. The lowest BCUT2D eigenvalue weighted by atomic mass is 10.1. The molecule has 0 unspecified atom stereocenters. The quantitative estimate of drug-likeness (QED) is 0.594. The molecular weight excluding hydrogens is 434 g/mol. The molecule has 0 aliphatic heterocycles.